The predicted molar refractivity (Wildman–Crippen MR) is 28.7 cm³/mol. The Morgan fingerprint density at radius 3 is 1.50 bits per heavy atom. The van der Waals surface area contributed by atoms with E-state index in [9.17, 15) is 0 Å². The zero-order valence-corrected chi connectivity index (χ0v) is 8.61. The van der Waals surface area contributed by atoms with Gasteiger partial charge < -0.3 is 10.8 Å². The maximum Gasteiger partial charge on any atom is 1.00 e. The van der Waals surface area contributed by atoms with Crippen LogP contribution in [0.5, 0.6) is 0 Å². The molecule has 0 saturated carbocycles. The fourth-order valence-corrected chi connectivity index (χ4v) is 0.802. The standard InChI is InChI=1S/C5H11N.K.H2O/c1-2-4-6-5-3-1;;/h6H,1-5H2;;1H2/q;+1;/p-1. The minimum atomic E-state index is 0. The Kier molecular flexibility index (Phi) is 13.1. The molecule has 0 radical (unpaired) electrons. The normalized spacial score (nSPS) is 18.0. The molecule has 3 heteroatoms. The second kappa shape index (κ2) is 8.56. The van der Waals surface area contributed by atoms with Gasteiger partial charge in [-0.2, -0.15) is 0 Å². The van der Waals surface area contributed by atoms with Gasteiger partial charge in [0.25, 0.3) is 0 Å². The van der Waals surface area contributed by atoms with Gasteiger partial charge in [-0.15, -0.1) is 0 Å². The molecule has 2 nitrogen and oxygen atoms in total. The van der Waals surface area contributed by atoms with Crippen molar-refractivity contribution in [3.8, 4) is 0 Å². The minimum Gasteiger partial charge on any atom is -0.870 e. The van der Waals surface area contributed by atoms with Gasteiger partial charge in [0.1, 0.15) is 0 Å². The van der Waals surface area contributed by atoms with Crippen molar-refractivity contribution in [2.45, 2.75) is 19.3 Å². The van der Waals surface area contributed by atoms with Crippen LogP contribution in [0.4, 0.5) is 0 Å². The SMILES string of the molecule is C1CCNCC1.[K+].[OH-]. The summed E-state index contributed by atoms with van der Waals surface area (Å²) in [7, 11) is 0. The molecular weight excluding hydrogens is 129 g/mol. The van der Waals surface area contributed by atoms with Crippen LogP contribution in [0.15, 0.2) is 0 Å². The molecule has 0 amide bonds. The van der Waals surface area contributed by atoms with Crippen molar-refractivity contribution < 1.29 is 56.9 Å². The molecule has 44 valence electrons. The molecule has 0 aromatic carbocycles. The molecule has 1 rings (SSSR count). The van der Waals surface area contributed by atoms with Gasteiger partial charge in [0.15, 0.2) is 0 Å². The van der Waals surface area contributed by atoms with Crippen LogP contribution in [0.1, 0.15) is 19.3 Å². The van der Waals surface area contributed by atoms with Gasteiger partial charge in [-0.1, -0.05) is 6.42 Å². The van der Waals surface area contributed by atoms with Gasteiger partial charge in [0, 0.05) is 0 Å². The Morgan fingerprint density at radius 1 is 0.875 bits per heavy atom. The van der Waals surface area contributed by atoms with Crippen molar-refractivity contribution in [1.82, 2.24) is 5.32 Å². The molecule has 1 fully saturated rings. The molecule has 1 aliphatic heterocycles. The summed E-state index contributed by atoms with van der Waals surface area (Å²) >= 11 is 0. The van der Waals surface area contributed by atoms with Crippen molar-refractivity contribution in [1.29, 1.82) is 0 Å². The molecule has 0 unspecified atom stereocenters. The summed E-state index contributed by atoms with van der Waals surface area (Å²) < 4.78 is 0. The smallest absolute Gasteiger partial charge is 0.870 e. The van der Waals surface area contributed by atoms with Crippen molar-refractivity contribution in [2.24, 2.45) is 0 Å². The Labute approximate surface area is 93.1 Å². The number of rotatable bonds is 0. The first-order valence-electron chi connectivity index (χ1n) is 2.71. The van der Waals surface area contributed by atoms with E-state index < -0.39 is 0 Å². The second-order valence-corrected chi connectivity index (χ2v) is 1.81. The molecule has 2 N–H and O–H groups in total. The summed E-state index contributed by atoms with van der Waals surface area (Å²) in [5.41, 5.74) is 0. The molecular formula is C5H12KNO. The van der Waals surface area contributed by atoms with Crippen LogP contribution >= 0.6 is 0 Å². The first-order chi connectivity index (χ1) is 3.00. The largest absolute Gasteiger partial charge is 1.00 e. The third kappa shape index (κ3) is 5.69. The summed E-state index contributed by atoms with van der Waals surface area (Å²) in [5, 5.41) is 3.28. The third-order valence-corrected chi connectivity index (χ3v) is 1.21. The minimum absolute atomic E-state index is 0. The van der Waals surface area contributed by atoms with Crippen LogP contribution in [0.3, 0.4) is 0 Å². The molecule has 0 bridgehead atoms. The van der Waals surface area contributed by atoms with E-state index in [1.165, 1.54) is 32.4 Å². The maximum atomic E-state index is 3.28. The molecule has 8 heavy (non-hydrogen) atoms. The monoisotopic (exact) mass is 141 g/mol. The van der Waals surface area contributed by atoms with Crippen LogP contribution < -0.4 is 56.7 Å². The fraction of sp³-hybridized carbons (Fsp3) is 1.00. The number of hydrogen-bond acceptors (Lipinski definition) is 2. The Hall–Kier alpha value is 1.56. The molecule has 0 atom stereocenters. The van der Waals surface area contributed by atoms with Crippen LogP contribution in [0, 0.1) is 0 Å². The van der Waals surface area contributed by atoms with Crippen molar-refractivity contribution in [3.05, 3.63) is 0 Å². The van der Waals surface area contributed by atoms with Gasteiger partial charge in [-0.25, -0.2) is 0 Å². The Bertz CT molecular complexity index is 27.9. The van der Waals surface area contributed by atoms with E-state index in [4.69, 9.17) is 0 Å². The molecule has 0 spiro atoms. The van der Waals surface area contributed by atoms with Crippen molar-refractivity contribution in [3.63, 3.8) is 0 Å². The molecule has 1 aliphatic rings. The summed E-state index contributed by atoms with van der Waals surface area (Å²) in [6.07, 6.45) is 4.22. The van der Waals surface area contributed by atoms with Gasteiger partial charge in [0.2, 0.25) is 0 Å². The summed E-state index contributed by atoms with van der Waals surface area (Å²) in [5.74, 6) is 0. The number of nitrogens with one attached hydrogen (secondary N) is 1. The Balaban J connectivity index is 0. The topological polar surface area (TPSA) is 42.0 Å². The van der Waals surface area contributed by atoms with E-state index >= 15 is 0 Å². The Morgan fingerprint density at radius 2 is 1.38 bits per heavy atom. The second-order valence-electron chi connectivity index (χ2n) is 1.81. The van der Waals surface area contributed by atoms with E-state index in [2.05, 4.69) is 5.32 Å². The van der Waals surface area contributed by atoms with Crippen LogP contribution in [-0.4, -0.2) is 18.6 Å². The van der Waals surface area contributed by atoms with Crippen molar-refractivity contribution in [2.75, 3.05) is 13.1 Å². The average Bonchev–Trinajstić information content (AvgIpc) is 1.72. The van der Waals surface area contributed by atoms with Gasteiger partial charge >= 0.3 is 51.4 Å². The zero-order valence-electron chi connectivity index (χ0n) is 5.48. The predicted octanol–water partition coefficient (Wildman–Crippen LogP) is -2.41. The number of piperidine rings is 1. The summed E-state index contributed by atoms with van der Waals surface area (Å²) in [6.45, 7) is 2.50. The van der Waals surface area contributed by atoms with Crippen LogP contribution in [-0.2, 0) is 0 Å². The van der Waals surface area contributed by atoms with E-state index in [1.807, 2.05) is 0 Å². The quantitative estimate of drug-likeness (QED) is 0.382. The van der Waals surface area contributed by atoms with E-state index in [0.29, 0.717) is 0 Å². The average molecular weight is 141 g/mol. The fourth-order valence-electron chi connectivity index (χ4n) is 0.802. The van der Waals surface area contributed by atoms with E-state index in [1.54, 1.807) is 0 Å². The first-order valence-corrected chi connectivity index (χ1v) is 2.71. The first kappa shape index (κ1) is 12.3. The van der Waals surface area contributed by atoms with Gasteiger partial charge in [0.05, 0.1) is 0 Å². The van der Waals surface area contributed by atoms with Crippen LogP contribution in [0.2, 0.25) is 0 Å². The third-order valence-electron chi connectivity index (χ3n) is 1.21. The molecule has 1 heterocycles. The van der Waals surface area contributed by atoms with E-state index in [0.717, 1.165) is 0 Å². The maximum absolute atomic E-state index is 3.28. The van der Waals surface area contributed by atoms with Crippen LogP contribution in [0.25, 0.3) is 0 Å². The zero-order chi connectivity index (χ0) is 4.24. The molecule has 1 saturated heterocycles. The van der Waals surface area contributed by atoms with Gasteiger partial charge in [-0.3, -0.25) is 0 Å². The van der Waals surface area contributed by atoms with Crippen molar-refractivity contribution >= 4 is 0 Å². The molecule has 0 aromatic rings. The molecule has 0 aromatic heterocycles. The molecule has 0 aliphatic carbocycles. The summed E-state index contributed by atoms with van der Waals surface area (Å²) in [6, 6.07) is 0. The number of hydrogen-bond donors (Lipinski definition) is 1. The van der Waals surface area contributed by atoms with Gasteiger partial charge in [-0.05, 0) is 25.9 Å². The summed E-state index contributed by atoms with van der Waals surface area (Å²) in [4.78, 5) is 0. The van der Waals surface area contributed by atoms with E-state index in [-0.39, 0.29) is 56.9 Å².